The van der Waals surface area contributed by atoms with Crippen LogP contribution in [0.2, 0.25) is 6.55 Å². The molecule has 0 fully saturated rings. The highest BCUT2D eigenvalue weighted by atomic mass is 32.1. The number of hydrogen-bond donors (Lipinski definition) is 1. The minimum Gasteiger partial charge on any atom is -0.423 e. The molecule has 0 spiro atoms. The van der Waals surface area contributed by atoms with Crippen LogP contribution in [0.25, 0.3) is 0 Å². The lowest BCUT2D eigenvalue weighted by molar-refractivity contribution is 0.578. The highest BCUT2D eigenvalue weighted by Gasteiger charge is 2.31. The molecule has 2 rings (SSSR count). The largest absolute Gasteiger partial charge is 0.423 e. The van der Waals surface area contributed by atoms with Gasteiger partial charge in [0.15, 0.2) is 0 Å². The molecule has 2 aromatic heterocycles. The van der Waals surface area contributed by atoms with Crippen LogP contribution in [0.1, 0.15) is 0 Å². The molecule has 4 heteroatoms. The molecule has 0 unspecified atom stereocenters. The molecule has 0 aliphatic heterocycles. The lowest BCUT2D eigenvalue weighted by Gasteiger charge is -2.16. The first-order valence-electron chi connectivity index (χ1n) is 4.01. The van der Waals surface area contributed by atoms with E-state index in [0.29, 0.717) is 0 Å². The average Bonchev–Trinajstić information content (AvgIpc) is 2.78. The van der Waals surface area contributed by atoms with E-state index < -0.39 is 8.32 Å². The van der Waals surface area contributed by atoms with Gasteiger partial charge in [-0.25, -0.2) is 0 Å². The Labute approximate surface area is 86.4 Å². The normalized spacial score (nSPS) is 11.8. The molecule has 68 valence electrons. The molecular weight excluding hydrogens is 216 g/mol. The summed E-state index contributed by atoms with van der Waals surface area (Å²) in [5.74, 6) is 0. The van der Waals surface area contributed by atoms with Gasteiger partial charge in [0.25, 0.3) is 8.32 Å². The second kappa shape index (κ2) is 3.38. The first-order valence-corrected chi connectivity index (χ1v) is 8.22. The highest BCUT2D eigenvalue weighted by molar-refractivity contribution is 7.34. The molecule has 0 aliphatic carbocycles. The van der Waals surface area contributed by atoms with Crippen LogP contribution >= 0.6 is 22.7 Å². The Morgan fingerprint density at radius 1 is 1.08 bits per heavy atom. The van der Waals surface area contributed by atoms with E-state index in [1.165, 1.54) is 0 Å². The molecule has 0 amide bonds. The number of rotatable bonds is 2. The standard InChI is InChI=1S/C9H10OS2Si/c1-13(10,8-4-2-6-11-8)9-5-3-7-12-9/h2-7,10H,1H3. The lowest BCUT2D eigenvalue weighted by atomic mass is 10.7. The summed E-state index contributed by atoms with van der Waals surface area (Å²) in [6.07, 6.45) is 0. The monoisotopic (exact) mass is 226 g/mol. The van der Waals surface area contributed by atoms with E-state index in [4.69, 9.17) is 0 Å². The summed E-state index contributed by atoms with van der Waals surface area (Å²) in [7, 11) is -2.31. The van der Waals surface area contributed by atoms with Crippen LogP contribution in [-0.4, -0.2) is 13.1 Å². The minimum absolute atomic E-state index is 1.13. The Morgan fingerprint density at radius 2 is 1.54 bits per heavy atom. The van der Waals surface area contributed by atoms with Crippen molar-refractivity contribution in [3.63, 3.8) is 0 Å². The van der Waals surface area contributed by atoms with Crippen LogP contribution in [-0.2, 0) is 0 Å². The number of thiophene rings is 2. The molecule has 2 aromatic rings. The second-order valence-electron chi connectivity index (χ2n) is 3.03. The summed E-state index contributed by atoms with van der Waals surface area (Å²) in [5.41, 5.74) is 0. The van der Waals surface area contributed by atoms with Crippen molar-refractivity contribution in [3.8, 4) is 0 Å². The van der Waals surface area contributed by atoms with E-state index in [-0.39, 0.29) is 0 Å². The zero-order chi connectivity index (χ0) is 9.31. The quantitative estimate of drug-likeness (QED) is 0.769. The van der Waals surface area contributed by atoms with Gasteiger partial charge in [0.2, 0.25) is 0 Å². The smallest absolute Gasteiger partial charge is 0.269 e. The summed E-state index contributed by atoms with van der Waals surface area (Å²) in [5, 5.41) is 4.04. The van der Waals surface area contributed by atoms with Crippen molar-refractivity contribution in [2.45, 2.75) is 6.55 Å². The first kappa shape index (κ1) is 9.14. The van der Waals surface area contributed by atoms with Crippen LogP contribution in [0.5, 0.6) is 0 Å². The van der Waals surface area contributed by atoms with E-state index >= 15 is 0 Å². The third-order valence-electron chi connectivity index (χ3n) is 2.00. The van der Waals surface area contributed by atoms with E-state index in [0.717, 1.165) is 9.00 Å². The van der Waals surface area contributed by atoms with Crippen molar-refractivity contribution in [2.75, 3.05) is 0 Å². The zero-order valence-corrected chi connectivity index (χ0v) is 9.86. The van der Waals surface area contributed by atoms with Gasteiger partial charge in [-0.3, -0.25) is 0 Å². The topological polar surface area (TPSA) is 20.2 Å². The van der Waals surface area contributed by atoms with Crippen molar-refractivity contribution >= 4 is 40.0 Å². The summed E-state index contributed by atoms with van der Waals surface area (Å²) in [4.78, 5) is 10.4. The Bertz CT molecular complexity index is 328. The van der Waals surface area contributed by atoms with Gasteiger partial charge in [-0.1, -0.05) is 12.1 Å². The Kier molecular flexibility index (Phi) is 2.38. The van der Waals surface area contributed by atoms with Crippen molar-refractivity contribution in [3.05, 3.63) is 35.0 Å². The summed E-state index contributed by atoms with van der Waals surface area (Å²) >= 11 is 3.29. The summed E-state index contributed by atoms with van der Waals surface area (Å²) in [6.45, 7) is 1.98. The summed E-state index contributed by atoms with van der Waals surface area (Å²) < 4.78 is 2.27. The molecule has 0 aliphatic rings. The van der Waals surface area contributed by atoms with Gasteiger partial charge in [-0.2, -0.15) is 22.7 Å². The van der Waals surface area contributed by atoms with E-state index in [9.17, 15) is 4.80 Å². The van der Waals surface area contributed by atoms with Gasteiger partial charge in [0.05, 0.1) is 0 Å². The van der Waals surface area contributed by atoms with Crippen LogP contribution in [0.4, 0.5) is 0 Å². The van der Waals surface area contributed by atoms with Gasteiger partial charge in [-0.05, 0) is 29.4 Å². The van der Waals surface area contributed by atoms with Gasteiger partial charge < -0.3 is 4.80 Å². The fourth-order valence-electron chi connectivity index (χ4n) is 1.23. The predicted octanol–water partition coefficient (Wildman–Crippen LogP) is 1.49. The summed E-state index contributed by atoms with van der Waals surface area (Å²) in [6, 6.07) is 8.04. The van der Waals surface area contributed by atoms with Gasteiger partial charge in [0.1, 0.15) is 0 Å². The van der Waals surface area contributed by atoms with E-state index in [1.54, 1.807) is 22.7 Å². The molecule has 2 heterocycles. The Hall–Kier alpha value is -0.423. The fraction of sp³-hybridized carbons (Fsp3) is 0.111. The van der Waals surface area contributed by atoms with Gasteiger partial charge in [-0.15, -0.1) is 0 Å². The van der Waals surface area contributed by atoms with E-state index in [2.05, 4.69) is 0 Å². The molecular formula is C9H10OS2Si. The molecule has 0 aromatic carbocycles. The van der Waals surface area contributed by atoms with Crippen molar-refractivity contribution < 1.29 is 4.80 Å². The molecule has 13 heavy (non-hydrogen) atoms. The SMILES string of the molecule is C[Si](O)(c1cccs1)c1cccs1. The van der Waals surface area contributed by atoms with Gasteiger partial charge >= 0.3 is 0 Å². The molecule has 0 radical (unpaired) electrons. The Balaban J connectivity index is 2.42. The molecule has 0 bridgehead atoms. The van der Waals surface area contributed by atoms with Crippen LogP contribution < -0.4 is 9.00 Å². The number of hydrogen-bond acceptors (Lipinski definition) is 3. The molecule has 0 saturated carbocycles. The van der Waals surface area contributed by atoms with Gasteiger partial charge in [0, 0.05) is 9.00 Å². The maximum atomic E-state index is 10.4. The van der Waals surface area contributed by atoms with Crippen molar-refractivity contribution in [1.82, 2.24) is 0 Å². The zero-order valence-electron chi connectivity index (χ0n) is 7.23. The highest BCUT2D eigenvalue weighted by Crippen LogP contribution is 2.08. The van der Waals surface area contributed by atoms with Crippen molar-refractivity contribution in [2.24, 2.45) is 0 Å². The average molecular weight is 226 g/mol. The second-order valence-corrected chi connectivity index (χ2v) is 8.87. The first-order chi connectivity index (χ1) is 6.21. The predicted molar refractivity (Wildman–Crippen MR) is 61.7 cm³/mol. The van der Waals surface area contributed by atoms with E-state index in [1.807, 2.05) is 41.6 Å². The van der Waals surface area contributed by atoms with Crippen LogP contribution in [0, 0.1) is 0 Å². The maximum absolute atomic E-state index is 10.4. The molecule has 1 N–H and O–H groups in total. The van der Waals surface area contributed by atoms with Crippen LogP contribution in [0.3, 0.4) is 0 Å². The Morgan fingerprint density at radius 3 is 1.85 bits per heavy atom. The van der Waals surface area contributed by atoms with Crippen LogP contribution in [0.15, 0.2) is 35.0 Å². The third kappa shape index (κ3) is 1.62. The molecule has 0 atom stereocenters. The van der Waals surface area contributed by atoms with Crippen molar-refractivity contribution in [1.29, 1.82) is 0 Å². The fourth-order valence-corrected chi connectivity index (χ4v) is 6.34. The maximum Gasteiger partial charge on any atom is 0.269 e. The minimum atomic E-state index is -2.31. The molecule has 1 nitrogen and oxygen atoms in total. The molecule has 0 saturated heterocycles. The lowest BCUT2D eigenvalue weighted by Crippen LogP contribution is -2.53. The third-order valence-corrected chi connectivity index (χ3v) is 8.71.